The Morgan fingerprint density at radius 2 is 2.00 bits per heavy atom. The maximum absolute atomic E-state index is 12.9. The number of aliphatic imine (C=N–C) groups is 1. The lowest BCUT2D eigenvalue weighted by Gasteiger charge is -2.20. The van der Waals surface area contributed by atoms with Crippen LogP contribution in [0.5, 0.6) is 0 Å². The van der Waals surface area contributed by atoms with Gasteiger partial charge in [-0.3, -0.25) is 24.1 Å². The lowest BCUT2D eigenvalue weighted by Crippen LogP contribution is -2.30. The molecule has 0 N–H and O–H groups in total. The summed E-state index contributed by atoms with van der Waals surface area (Å²) in [6, 6.07) is 0. The molecule has 1 saturated carbocycles. The topological polar surface area (TPSA) is 94.1 Å². The summed E-state index contributed by atoms with van der Waals surface area (Å²) < 4.78 is 3.77. The van der Waals surface area contributed by atoms with E-state index in [1.807, 2.05) is 29.7 Å². The van der Waals surface area contributed by atoms with E-state index in [1.54, 1.807) is 10.9 Å². The normalized spacial score (nSPS) is 18.2. The summed E-state index contributed by atoms with van der Waals surface area (Å²) in [4.78, 5) is 29.4. The van der Waals surface area contributed by atoms with Gasteiger partial charge in [-0.1, -0.05) is 0 Å². The van der Waals surface area contributed by atoms with E-state index in [0.29, 0.717) is 38.5 Å². The van der Waals surface area contributed by atoms with Gasteiger partial charge in [-0.2, -0.15) is 10.2 Å². The van der Waals surface area contributed by atoms with Crippen LogP contribution in [0.3, 0.4) is 0 Å². The number of aromatic nitrogens is 6. The van der Waals surface area contributed by atoms with E-state index in [2.05, 4.69) is 11.3 Å². The molecule has 3 aromatic rings. The first kappa shape index (κ1) is 19.3. The van der Waals surface area contributed by atoms with Gasteiger partial charge >= 0.3 is 0 Å². The highest BCUT2D eigenvalue weighted by molar-refractivity contribution is 6.14. The molecule has 0 spiro atoms. The van der Waals surface area contributed by atoms with E-state index in [1.165, 1.54) is 12.8 Å². The number of rotatable bonds is 2. The van der Waals surface area contributed by atoms with Gasteiger partial charge in [0.15, 0.2) is 0 Å². The Morgan fingerprint density at radius 1 is 1.12 bits per heavy atom. The van der Waals surface area contributed by atoms with Crippen LogP contribution in [0.15, 0.2) is 23.6 Å². The number of carbonyl (C=O) groups excluding carboxylic acids is 1. The molecule has 3 aromatic heterocycles. The van der Waals surface area contributed by atoms with Gasteiger partial charge in [0, 0.05) is 56.0 Å². The standard InChI is InChI=1S/C23H26N8O/c1-3-30-13-19-15(11-29(2)27-19)17-9-24-18-10-25-22(23(18)26-17)16-12-31(8-4-5-20(30)32)28-21(16)14-6-7-14/h9,11-12,14H,3-8,10,13H2,1-2H3. The third-order valence-electron chi connectivity index (χ3n) is 6.50. The SMILES string of the molecule is CCN1Cc2nn(C)cc2-c2cnc3c(n2)C(=NC3)c2cn(nc2C2CC2)CCCC1=O. The van der Waals surface area contributed by atoms with Gasteiger partial charge in [0.2, 0.25) is 5.91 Å². The van der Waals surface area contributed by atoms with Crippen LogP contribution >= 0.6 is 0 Å². The lowest BCUT2D eigenvalue weighted by atomic mass is 10.0. The highest BCUT2D eigenvalue weighted by Gasteiger charge is 2.34. The fraction of sp³-hybridized carbons (Fsp3) is 0.478. The van der Waals surface area contributed by atoms with Gasteiger partial charge in [-0.05, 0) is 26.2 Å². The molecule has 4 bridgehead atoms. The smallest absolute Gasteiger partial charge is 0.222 e. The zero-order chi connectivity index (χ0) is 21.8. The number of amides is 1. The van der Waals surface area contributed by atoms with Crippen molar-refractivity contribution in [3.8, 4) is 11.3 Å². The third-order valence-corrected chi connectivity index (χ3v) is 6.50. The molecule has 2 aliphatic heterocycles. The first-order valence-corrected chi connectivity index (χ1v) is 11.4. The second-order valence-corrected chi connectivity index (χ2v) is 8.86. The molecule has 32 heavy (non-hydrogen) atoms. The van der Waals surface area contributed by atoms with Crippen molar-refractivity contribution in [3.05, 3.63) is 46.9 Å². The molecular formula is C23H26N8O. The summed E-state index contributed by atoms with van der Waals surface area (Å²) in [6.07, 6.45) is 9.43. The van der Waals surface area contributed by atoms with Crippen molar-refractivity contribution in [2.24, 2.45) is 12.0 Å². The third kappa shape index (κ3) is 3.23. The second kappa shape index (κ2) is 7.36. The average molecular weight is 431 g/mol. The molecule has 0 aromatic carbocycles. The van der Waals surface area contributed by atoms with Crippen molar-refractivity contribution < 1.29 is 4.79 Å². The van der Waals surface area contributed by atoms with E-state index in [-0.39, 0.29) is 5.91 Å². The fourth-order valence-corrected chi connectivity index (χ4v) is 4.66. The Morgan fingerprint density at radius 3 is 2.81 bits per heavy atom. The molecule has 1 amide bonds. The Balaban J connectivity index is 1.51. The maximum Gasteiger partial charge on any atom is 0.222 e. The first-order chi connectivity index (χ1) is 15.6. The average Bonchev–Trinajstić information content (AvgIpc) is 3.24. The fourth-order valence-electron chi connectivity index (χ4n) is 4.66. The summed E-state index contributed by atoms with van der Waals surface area (Å²) in [5.41, 5.74) is 7.34. The number of carbonyl (C=O) groups is 1. The minimum Gasteiger partial charge on any atom is -0.337 e. The van der Waals surface area contributed by atoms with Crippen molar-refractivity contribution in [1.82, 2.24) is 34.4 Å². The molecule has 9 heteroatoms. The number of aryl methyl sites for hydroxylation is 2. The zero-order valence-corrected chi connectivity index (χ0v) is 18.5. The Labute approximate surface area is 186 Å². The Hall–Kier alpha value is -3.36. The van der Waals surface area contributed by atoms with Crippen molar-refractivity contribution in [1.29, 1.82) is 0 Å². The monoisotopic (exact) mass is 430 g/mol. The number of nitrogens with zero attached hydrogens (tertiary/aromatic N) is 8. The van der Waals surface area contributed by atoms with Gasteiger partial charge in [-0.25, -0.2) is 4.98 Å². The minimum atomic E-state index is 0.138. The van der Waals surface area contributed by atoms with Crippen molar-refractivity contribution >= 4 is 11.6 Å². The molecule has 5 heterocycles. The van der Waals surface area contributed by atoms with Crippen molar-refractivity contribution in [3.63, 3.8) is 0 Å². The van der Waals surface area contributed by atoms with Gasteiger partial charge < -0.3 is 4.90 Å². The Kier molecular flexibility index (Phi) is 4.44. The molecule has 0 radical (unpaired) electrons. The second-order valence-electron chi connectivity index (χ2n) is 8.86. The van der Waals surface area contributed by atoms with Crippen LogP contribution < -0.4 is 0 Å². The summed E-state index contributed by atoms with van der Waals surface area (Å²) in [6.45, 7) is 4.37. The first-order valence-electron chi connectivity index (χ1n) is 11.4. The molecule has 6 rings (SSSR count). The van der Waals surface area contributed by atoms with E-state index in [9.17, 15) is 4.79 Å². The molecule has 0 atom stereocenters. The Bertz CT molecular complexity index is 1250. The number of hydrogen-bond acceptors (Lipinski definition) is 6. The molecule has 3 aliphatic rings. The molecule has 0 saturated heterocycles. The van der Waals surface area contributed by atoms with Crippen LogP contribution in [-0.2, 0) is 31.5 Å². The molecule has 0 unspecified atom stereocenters. The predicted molar refractivity (Wildman–Crippen MR) is 118 cm³/mol. The molecule has 164 valence electrons. The number of fused-ring (bicyclic) bond motifs is 6. The van der Waals surface area contributed by atoms with Crippen LogP contribution in [0.25, 0.3) is 11.3 Å². The molecule has 1 aliphatic carbocycles. The van der Waals surface area contributed by atoms with Crippen LogP contribution in [0.4, 0.5) is 0 Å². The van der Waals surface area contributed by atoms with Crippen LogP contribution in [-0.4, -0.2) is 52.6 Å². The molecule has 9 nitrogen and oxygen atoms in total. The maximum atomic E-state index is 12.9. The highest BCUT2D eigenvalue weighted by atomic mass is 16.2. The summed E-state index contributed by atoms with van der Waals surface area (Å²) in [5.74, 6) is 0.634. The van der Waals surface area contributed by atoms with E-state index in [0.717, 1.165) is 51.7 Å². The van der Waals surface area contributed by atoms with Gasteiger partial charge in [0.05, 0.1) is 47.8 Å². The predicted octanol–water partition coefficient (Wildman–Crippen LogP) is 2.44. The summed E-state index contributed by atoms with van der Waals surface area (Å²) in [7, 11) is 1.90. The highest BCUT2D eigenvalue weighted by Crippen LogP contribution is 2.42. The van der Waals surface area contributed by atoms with Gasteiger partial charge in [0.25, 0.3) is 0 Å². The van der Waals surface area contributed by atoms with Gasteiger partial charge in [-0.15, -0.1) is 0 Å². The minimum absolute atomic E-state index is 0.138. The summed E-state index contributed by atoms with van der Waals surface area (Å²) in [5, 5.41) is 9.55. The van der Waals surface area contributed by atoms with Crippen molar-refractivity contribution in [2.45, 2.75) is 58.2 Å². The molecular weight excluding hydrogens is 404 g/mol. The number of hydrogen-bond donors (Lipinski definition) is 0. The van der Waals surface area contributed by atoms with Gasteiger partial charge in [0.1, 0.15) is 5.69 Å². The zero-order valence-electron chi connectivity index (χ0n) is 18.5. The quantitative estimate of drug-likeness (QED) is 0.622. The summed E-state index contributed by atoms with van der Waals surface area (Å²) >= 11 is 0. The van der Waals surface area contributed by atoms with E-state index < -0.39 is 0 Å². The largest absolute Gasteiger partial charge is 0.337 e. The van der Waals surface area contributed by atoms with Crippen molar-refractivity contribution in [2.75, 3.05) is 6.54 Å². The molecule has 1 fully saturated rings. The van der Waals surface area contributed by atoms with Crippen LogP contribution in [0, 0.1) is 0 Å². The van der Waals surface area contributed by atoms with Crippen LogP contribution in [0.1, 0.15) is 66.9 Å². The van der Waals surface area contributed by atoms with Crippen LogP contribution in [0.2, 0.25) is 0 Å². The lowest BCUT2D eigenvalue weighted by molar-refractivity contribution is -0.131. The van der Waals surface area contributed by atoms with E-state index >= 15 is 0 Å². The van der Waals surface area contributed by atoms with E-state index in [4.69, 9.17) is 20.1 Å².